The van der Waals surface area contributed by atoms with Crippen molar-refractivity contribution in [3.8, 4) is 0 Å². The van der Waals surface area contributed by atoms with Crippen molar-refractivity contribution in [2.45, 2.75) is 25.9 Å². The van der Waals surface area contributed by atoms with Crippen molar-refractivity contribution in [2.24, 2.45) is 0 Å². The second kappa shape index (κ2) is 4.97. The summed E-state index contributed by atoms with van der Waals surface area (Å²) in [5.74, 6) is 0.174. The highest BCUT2D eigenvalue weighted by Gasteiger charge is 2.23. The Morgan fingerprint density at radius 2 is 2.12 bits per heavy atom. The topological polar surface area (TPSA) is 29.5 Å². The summed E-state index contributed by atoms with van der Waals surface area (Å²) in [4.78, 5) is 16.1. The number of thiophene rings is 1. The molecule has 2 rings (SSSR count). The number of piperidine rings is 1. The van der Waals surface area contributed by atoms with Crippen molar-refractivity contribution in [2.75, 3.05) is 20.2 Å². The van der Waals surface area contributed by atoms with E-state index in [2.05, 4.69) is 0 Å². The quantitative estimate of drug-likeness (QED) is 0.792. The van der Waals surface area contributed by atoms with Gasteiger partial charge in [-0.25, -0.2) is 0 Å². The maximum atomic E-state index is 12.1. The van der Waals surface area contributed by atoms with Crippen molar-refractivity contribution in [3.63, 3.8) is 0 Å². The number of hydrogen-bond donors (Lipinski definition) is 0. The molecule has 0 N–H and O–H groups in total. The lowest BCUT2D eigenvalue weighted by atomic mass is 10.1. The SMILES string of the molecule is COC1CCN(C(=O)c2ccc(C)s2)CC1. The zero-order chi connectivity index (χ0) is 11.5. The average molecular weight is 239 g/mol. The van der Waals surface area contributed by atoms with Gasteiger partial charge in [-0.1, -0.05) is 0 Å². The Bertz CT molecular complexity index is 367. The maximum Gasteiger partial charge on any atom is 0.263 e. The first-order valence-electron chi connectivity index (χ1n) is 5.59. The number of methoxy groups -OCH3 is 1. The highest BCUT2D eigenvalue weighted by molar-refractivity contribution is 7.13. The van der Waals surface area contributed by atoms with Gasteiger partial charge < -0.3 is 9.64 Å². The van der Waals surface area contributed by atoms with E-state index in [-0.39, 0.29) is 5.91 Å². The molecule has 1 aromatic rings. The summed E-state index contributed by atoms with van der Waals surface area (Å²) in [6, 6.07) is 3.92. The third-order valence-corrected chi connectivity index (χ3v) is 4.00. The standard InChI is InChI=1S/C12H17NO2S/c1-9-3-4-11(16-9)12(14)13-7-5-10(15-2)6-8-13/h3-4,10H,5-8H2,1-2H3. The molecule has 1 fully saturated rings. The molecule has 2 heterocycles. The minimum absolute atomic E-state index is 0.174. The lowest BCUT2D eigenvalue weighted by Crippen LogP contribution is -2.40. The Balaban J connectivity index is 1.96. The van der Waals surface area contributed by atoms with Gasteiger partial charge in [0.05, 0.1) is 11.0 Å². The molecular formula is C12H17NO2S. The summed E-state index contributed by atoms with van der Waals surface area (Å²) in [7, 11) is 1.74. The molecule has 1 aliphatic rings. The van der Waals surface area contributed by atoms with Crippen molar-refractivity contribution in [1.82, 2.24) is 4.90 Å². The molecular weight excluding hydrogens is 222 g/mol. The fraction of sp³-hybridized carbons (Fsp3) is 0.583. The summed E-state index contributed by atoms with van der Waals surface area (Å²) in [5.41, 5.74) is 0. The van der Waals surface area contributed by atoms with E-state index in [1.807, 2.05) is 24.0 Å². The minimum atomic E-state index is 0.174. The summed E-state index contributed by atoms with van der Waals surface area (Å²) >= 11 is 1.57. The van der Waals surface area contributed by atoms with Crippen LogP contribution in [-0.4, -0.2) is 37.1 Å². The molecule has 88 valence electrons. The average Bonchev–Trinajstić information content (AvgIpc) is 2.75. The van der Waals surface area contributed by atoms with E-state index in [1.165, 1.54) is 4.88 Å². The van der Waals surface area contributed by atoms with Crippen molar-refractivity contribution >= 4 is 17.2 Å². The van der Waals surface area contributed by atoms with Gasteiger partial charge in [0.25, 0.3) is 5.91 Å². The van der Waals surface area contributed by atoms with Gasteiger partial charge in [0, 0.05) is 25.1 Å². The van der Waals surface area contributed by atoms with E-state index in [4.69, 9.17) is 4.74 Å². The normalized spacial score (nSPS) is 17.8. The van der Waals surface area contributed by atoms with Crippen LogP contribution in [0, 0.1) is 6.92 Å². The second-order valence-electron chi connectivity index (χ2n) is 4.14. The molecule has 0 radical (unpaired) electrons. The molecule has 1 saturated heterocycles. The van der Waals surface area contributed by atoms with Gasteiger partial charge in [0.2, 0.25) is 0 Å². The lowest BCUT2D eigenvalue weighted by Gasteiger charge is -2.30. The third-order valence-electron chi connectivity index (χ3n) is 3.01. The predicted octanol–water partition coefficient (Wildman–Crippen LogP) is 2.31. The zero-order valence-electron chi connectivity index (χ0n) is 9.73. The number of carbonyl (C=O) groups is 1. The Kier molecular flexibility index (Phi) is 3.61. The van der Waals surface area contributed by atoms with E-state index in [0.717, 1.165) is 30.8 Å². The highest BCUT2D eigenvalue weighted by atomic mass is 32.1. The Hall–Kier alpha value is -0.870. The van der Waals surface area contributed by atoms with Crippen LogP contribution in [0.4, 0.5) is 0 Å². The molecule has 0 aromatic carbocycles. The number of ether oxygens (including phenoxy) is 1. The molecule has 0 spiro atoms. The number of aryl methyl sites for hydroxylation is 1. The molecule has 1 amide bonds. The van der Waals surface area contributed by atoms with Gasteiger partial charge in [-0.05, 0) is 31.9 Å². The van der Waals surface area contributed by atoms with Crippen molar-refractivity contribution in [1.29, 1.82) is 0 Å². The van der Waals surface area contributed by atoms with Crippen LogP contribution in [0.5, 0.6) is 0 Å². The van der Waals surface area contributed by atoms with Crippen LogP contribution in [0.2, 0.25) is 0 Å². The predicted molar refractivity (Wildman–Crippen MR) is 65.0 cm³/mol. The Labute approximate surface area is 100 Å². The van der Waals surface area contributed by atoms with Crippen LogP contribution < -0.4 is 0 Å². The largest absolute Gasteiger partial charge is 0.381 e. The monoisotopic (exact) mass is 239 g/mol. The molecule has 1 aromatic heterocycles. The maximum absolute atomic E-state index is 12.1. The van der Waals surface area contributed by atoms with Gasteiger partial charge in [-0.2, -0.15) is 0 Å². The molecule has 16 heavy (non-hydrogen) atoms. The molecule has 0 aliphatic carbocycles. The highest BCUT2D eigenvalue weighted by Crippen LogP contribution is 2.20. The van der Waals surface area contributed by atoms with Gasteiger partial charge >= 0.3 is 0 Å². The molecule has 3 nitrogen and oxygen atoms in total. The Morgan fingerprint density at radius 1 is 1.44 bits per heavy atom. The number of nitrogens with zero attached hydrogens (tertiary/aromatic N) is 1. The van der Waals surface area contributed by atoms with Crippen molar-refractivity contribution < 1.29 is 9.53 Å². The van der Waals surface area contributed by atoms with Crippen LogP contribution in [0.3, 0.4) is 0 Å². The number of amides is 1. The summed E-state index contributed by atoms with van der Waals surface area (Å²) in [6.45, 7) is 3.65. The van der Waals surface area contributed by atoms with E-state index in [1.54, 1.807) is 18.4 Å². The zero-order valence-corrected chi connectivity index (χ0v) is 10.5. The number of rotatable bonds is 2. The van der Waals surface area contributed by atoms with Crippen LogP contribution in [0.15, 0.2) is 12.1 Å². The first kappa shape index (κ1) is 11.6. The number of carbonyl (C=O) groups excluding carboxylic acids is 1. The van der Waals surface area contributed by atoms with Gasteiger partial charge in [0.15, 0.2) is 0 Å². The smallest absolute Gasteiger partial charge is 0.263 e. The molecule has 0 saturated carbocycles. The fourth-order valence-corrected chi connectivity index (χ4v) is 2.84. The van der Waals surface area contributed by atoms with Crippen LogP contribution in [0.25, 0.3) is 0 Å². The number of likely N-dealkylation sites (tertiary alicyclic amines) is 1. The lowest BCUT2D eigenvalue weighted by molar-refractivity contribution is 0.0353. The van der Waals surface area contributed by atoms with E-state index >= 15 is 0 Å². The molecule has 0 unspecified atom stereocenters. The molecule has 1 aliphatic heterocycles. The van der Waals surface area contributed by atoms with Crippen LogP contribution in [-0.2, 0) is 4.74 Å². The summed E-state index contributed by atoms with van der Waals surface area (Å²) in [6.07, 6.45) is 2.23. The summed E-state index contributed by atoms with van der Waals surface area (Å²) in [5, 5.41) is 0. The van der Waals surface area contributed by atoms with Gasteiger partial charge in [-0.15, -0.1) is 11.3 Å². The first-order chi connectivity index (χ1) is 7.70. The van der Waals surface area contributed by atoms with E-state index in [0.29, 0.717) is 6.10 Å². The number of hydrogen-bond acceptors (Lipinski definition) is 3. The van der Waals surface area contributed by atoms with Gasteiger partial charge in [-0.3, -0.25) is 4.79 Å². The second-order valence-corrected chi connectivity index (χ2v) is 5.43. The van der Waals surface area contributed by atoms with Crippen molar-refractivity contribution in [3.05, 3.63) is 21.9 Å². The van der Waals surface area contributed by atoms with E-state index in [9.17, 15) is 4.79 Å². The third kappa shape index (κ3) is 2.44. The minimum Gasteiger partial charge on any atom is -0.381 e. The molecule has 0 bridgehead atoms. The van der Waals surface area contributed by atoms with E-state index < -0.39 is 0 Å². The van der Waals surface area contributed by atoms with Crippen LogP contribution in [0.1, 0.15) is 27.4 Å². The van der Waals surface area contributed by atoms with Gasteiger partial charge in [0.1, 0.15) is 0 Å². The first-order valence-corrected chi connectivity index (χ1v) is 6.41. The van der Waals surface area contributed by atoms with Crippen LogP contribution >= 0.6 is 11.3 Å². The Morgan fingerprint density at radius 3 is 2.62 bits per heavy atom. The molecule has 4 heteroatoms. The molecule has 0 atom stereocenters. The summed E-state index contributed by atoms with van der Waals surface area (Å²) < 4.78 is 5.29. The fourth-order valence-electron chi connectivity index (χ4n) is 2.00.